The maximum Gasteiger partial charge on any atom is 0.339 e. The zero-order chi connectivity index (χ0) is 12.3. The second-order valence-electron chi connectivity index (χ2n) is 4.32. The van der Waals surface area contributed by atoms with Gasteiger partial charge in [-0.25, -0.2) is 4.79 Å². The molecule has 1 aromatic rings. The fourth-order valence-electron chi connectivity index (χ4n) is 1.56. The van der Waals surface area contributed by atoms with Gasteiger partial charge in [-0.1, -0.05) is 19.9 Å². The first-order chi connectivity index (χ1) is 7.47. The lowest BCUT2D eigenvalue weighted by atomic mass is 10.00. The molecule has 0 saturated heterocycles. The lowest BCUT2D eigenvalue weighted by Crippen LogP contribution is -2.15. The summed E-state index contributed by atoms with van der Waals surface area (Å²) in [6.45, 7) is 4.26. The minimum Gasteiger partial charge on any atom is -0.465 e. The molecule has 0 unspecified atom stereocenters. The highest BCUT2D eigenvalue weighted by Crippen LogP contribution is 2.25. The topological polar surface area (TPSA) is 29.5 Å². The van der Waals surface area contributed by atoms with Crippen molar-refractivity contribution >= 4 is 11.7 Å². The van der Waals surface area contributed by atoms with E-state index < -0.39 is 0 Å². The van der Waals surface area contributed by atoms with Gasteiger partial charge >= 0.3 is 5.97 Å². The molecule has 0 aliphatic rings. The van der Waals surface area contributed by atoms with Crippen LogP contribution in [0.2, 0.25) is 0 Å². The lowest BCUT2D eigenvalue weighted by molar-refractivity contribution is 0.0601. The van der Waals surface area contributed by atoms with Crippen molar-refractivity contribution in [1.29, 1.82) is 0 Å². The number of ether oxygens (including phenoxy) is 1. The Morgan fingerprint density at radius 2 is 1.94 bits per heavy atom. The molecule has 0 aliphatic heterocycles. The summed E-state index contributed by atoms with van der Waals surface area (Å²) in [5.41, 5.74) is 2.73. The first-order valence-corrected chi connectivity index (χ1v) is 5.37. The highest BCUT2D eigenvalue weighted by Gasteiger charge is 2.14. The Labute approximate surface area is 97.0 Å². The SMILES string of the molecule is COC(=O)c1ccc(C(C)C)cc1N(C)C. The normalized spacial score (nSPS) is 10.4. The van der Waals surface area contributed by atoms with Crippen LogP contribution in [-0.2, 0) is 4.74 Å². The van der Waals surface area contributed by atoms with Crippen molar-refractivity contribution in [3.05, 3.63) is 29.3 Å². The van der Waals surface area contributed by atoms with Crippen molar-refractivity contribution in [1.82, 2.24) is 0 Å². The van der Waals surface area contributed by atoms with Crippen LogP contribution in [0.3, 0.4) is 0 Å². The molecule has 0 heterocycles. The van der Waals surface area contributed by atoms with Crippen LogP contribution in [0, 0.1) is 0 Å². The Bertz CT molecular complexity index is 384. The Balaban J connectivity index is 3.25. The third kappa shape index (κ3) is 2.54. The molecular formula is C13H19NO2. The number of hydrogen-bond donors (Lipinski definition) is 0. The van der Waals surface area contributed by atoms with E-state index in [9.17, 15) is 4.79 Å². The van der Waals surface area contributed by atoms with Crippen LogP contribution in [0.25, 0.3) is 0 Å². The fourth-order valence-corrected chi connectivity index (χ4v) is 1.56. The highest BCUT2D eigenvalue weighted by molar-refractivity contribution is 5.95. The zero-order valence-electron chi connectivity index (χ0n) is 10.6. The third-order valence-corrected chi connectivity index (χ3v) is 2.58. The van der Waals surface area contributed by atoms with Crippen LogP contribution in [-0.4, -0.2) is 27.2 Å². The molecule has 3 nitrogen and oxygen atoms in total. The van der Waals surface area contributed by atoms with E-state index in [0.29, 0.717) is 11.5 Å². The van der Waals surface area contributed by atoms with Gasteiger partial charge in [-0.05, 0) is 23.6 Å². The number of benzene rings is 1. The number of rotatable bonds is 3. The van der Waals surface area contributed by atoms with Crippen LogP contribution in [0.1, 0.15) is 35.7 Å². The van der Waals surface area contributed by atoms with Crippen molar-refractivity contribution in [2.75, 3.05) is 26.1 Å². The fraction of sp³-hybridized carbons (Fsp3) is 0.462. The number of esters is 1. The van der Waals surface area contributed by atoms with Gasteiger partial charge in [-0.15, -0.1) is 0 Å². The predicted molar refractivity (Wildman–Crippen MR) is 66.2 cm³/mol. The first-order valence-electron chi connectivity index (χ1n) is 5.37. The van der Waals surface area contributed by atoms with E-state index in [1.165, 1.54) is 12.7 Å². The summed E-state index contributed by atoms with van der Waals surface area (Å²) in [6, 6.07) is 5.84. The second kappa shape index (κ2) is 5.01. The number of hydrogen-bond acceptors (Lipinski definition) is 3. The second-order valence-corrected chi connectivity index (χ2v) is 4.32. The van der Waals surface area contributed by atoms with Crippen LogP contribution in [0.15, 0.2) is 18.2 Å². The van der Waals surface area contributed by atoms with E-state index in [4.69, 9.17) is 4.74 Å². The van der Waals surface area contributed by atoms with E-state index in [1.807, 2.05) is 37.2 Å². The van der Waals surface area contributed by atoms with Crippen LogP contribution < -0.4 is 4.90 Å². The van der Waals surface area contributed by atoms with Crippen LogP contribution >= 0.6 is 0 Å². The van der Waals surface area contributed by atoms with E-state index >= 15 is 0 Å². The standard InChI is InChI=1S/C13H19NO2/c1-9(2)10-6-7-11(13(15)16-5)12(8-10)14(3)4/h6-9H,1-5H3. The zero-order valence-corrected chi connectivity index (χ0v) is 10.6. The summed E-state index contributed by atoms with van der Waals surface area (Å²) in [6.07, 6.45) is 0. The van der Waals surface area contributed by atoms with Gasteiger partial charge in [0.15, 0.2) is 0 Å². The molecule has 0 atom stereocenters. The summed E-state index contributed by atoms with van der Waals surface area (Å²) >= 11 is 0. The van der Waals surface area contributed by atoms with Crippen LogP contribution in [0.4, 0.5) is 5.69 Å². The Morgan fingerprint density at radius 3 is 2.38 bits per heavy atom. The van der Waals surface area contributed by atoms with E-state index in [1.54, 1.807) is 0 Å². The van der Waals surface area contributed by atoms with Crippen molar-refractivity contribution in [3.8, 4) is 0 Å². The van der Waals surface area contributed by atoms with Gasteiger partial charge in [0.2, 0.25) is 0 Å². The van der Waals surface area contributed by atoms with Crippen molar-refractivity contribution in [2.45, 2.75) is 19.8 Å². The number of methoxy groups -OCH3 is 1. The van der Waals surface area contributed by atoms with Gasteiger partial charge in [0.05, 0.1) is 18.4 Å². The van der Waals surface area contributed by atoms with Crippen molar-refractivity contribution < 1.29 is 9.53 Å². The highest BCUT2D eigenvalue weighted by atomic mass is 16.5. The monoisotopic (exact) mass is 221 g/mol. The number of carbonyl (C=O) groups excluding carboxylic acids is 1. The molecule has 1 aromatic carbocycles. The van der Waals surface area contributed by atoms with Gasteiger partial charge in [0, 0.05) is 14.1 Å². The molecule has 16 heavy (non-hydrogen) atoms. The maximum atomic E-state index is 11.6. The minimum atomic E-state index is -0.293. The van der Waals surface area contributed by atoms with Crippen LogP contribution in [0.5, 0.6) is 0 Å². The van der Waals surface area contributed by atoms with E-state index in [-0.39, 0.29) is 5.97 Å². The molecule has 1 rings (SSSR count). The largest absolute Gasteiger partial charge is 0.465 e. The summed E-state index contributed by atoms with van der Waals surface area (Å²) in [5.74, 6) is 0.157. The lowest BCUT2D eigenvalue weighted by Gasteiger charge is -2.18. The summed E-state index contributed by atoms with van der Waals surface area (Å²) in [5, 5.41) is 0. The molecule has 0 aromatic heterocycles. The molecular weight excluding hydrogens is 202 g/mol. The smallest absolute Gasteiger partial charge is 0.339 e. The van der Waals surface area contributed by atoms with Gasteiger partial charge in [-0.2, -0.15) is 0 Å². The Kier molecular flexibility index (Phi) is 3.93. The quantitative estimate of drug-likeness (QED) is 0.735. The van der Waals surface area contributed by atoms with E-state index in [2.05, 4.69) is 13.8 Å². The van der Waals surface area contributed by atoms with Gasteiger partial charge in [0.25, 0.3) is 0 Å². The van der Waals surface area contributed by atoms with Gasteiger partial charge in [-0.3, -0.25) is 0 Å². The molecule has 3 heteroatoms. The molecule has 0 bridgehead atoms. The molecule has 0 spiro atoms. The van der Waals surface area contributed by atoms with Gasteiger partial charge < -0.3 is 9.64 Å². The molecule has 0 saturated carbocycles. The molecule has 0 aliphatic carbocycles. The summed E-state index contributed by atoms with van der Waals surface area (Å²) < 4.78 is 4.76. The predicted octanol–water partition coefficient (Wildman–Crippen LogP) is 2.66. The molecule has 0 radical (unpaired) electrons. The maximum absolute atomic E-state index is 11.6. The van der Waals surface area contributed by atoms with E-state index in [0.717, 1.165) is 5.69 Å². The first kappa shape index (κ1) is 12.6. The van der Waals surface area contributed by atoms with Crippen molar-refractivity contribution in [3.63, 3.8) is 0 Å². The molecule has 0 N–H and O–H groups in total. The van der Waals surface area contributed by atoms with Gasteiger partial charge in [0.1, 0.15) is 0 Å². The average molecular weight is 221 g/mol. The molecule has 0 fully saturated rings. The van der Waals surface area contributed by atoms with Crippen molar-refractivity contribution in [2.24, 2.45) is 0 Å². The summed E-state index contributed by atoms with van der Waals surface area (Å²) in [4.78, 5) is 13.5. The average Bonchev–Trinajstić information content (AvgIpc) is 2.26. The number of carbonyl (C=O) groups is 1. The Morgan fingerprint density at radius 1 is 1.31 bits per heavy atom. The third-order valence-electron chi connectivity index (χ3n) is 2.58. The number of nitrogens with zero attached hydrogens (tertiary/aromatic N) is 1. The Hall–Kier alpha value is -1.51. The molecule has 0 amide bonds. The minimum absolute atomic E-state index is 0.293. The summed E-state index contributed by atoms with van der Waals surface area (Å²) in [7, 11) is 5.25. The molecule has 88 valence electrons. The number of anilines is 1.